The first-order chi connectivity index (χ1) is 8.58. The molecule has 1 aromatic heterocycles. The van der Waals surface area contributed by atoms with E-state index in [0.717, 1.165) is 11.8 Å². The number of halogens is 2. The lowest BCUT2D eigenvalue weighted by molar-refractivity contribution is 0.173. The van der Waals surface area contributed by atoms with Gasteiger partial charge in [0, 0.05) is 18.2 Å². The molecule has 2 aromatic rings. The Balaban J connectivity index is 2.24. The summed E-state index contributed by atoms with van der Waals surface area (Å²) in [5.74, 6) is -0.919. The Kier molecular flexibility index (Phi) is 3.67. The van der Waals surface area contributed by atoms with Gasteiger partial charge in [0.1, 0.15) is 11.6 Å². The number of rotatable bonds is 3. The van der Waals surface area contributed by atoms with E-state index in [1.165, 1.54) is 24.4 Å². The summed E-state index contributed by atoms with van der Waals surface area (Å²) in [6.07, 6.45) is 1.63. The predicted molar refractivity (Wildman–Crippen MR) is 64.0 cm³/mol. The summed E-state index contributed by atoms with van der Waals surface area (Å²) < 4.78 is 26.5. The van der Waals surface area contributed by atoms with E-state index in [4.69, 9.17) is 0 Å². The molecule has 0 saturated carbocycles. The molecule has 1 aromatic carbocycles. The van der Waals surface area contributed by atoms with Gasteiger partial charge in [0.15, 0.2) is 0 Å². The van der Waals surface area contributed by atoms with Crippen molar-refractivity contribution in [3.05, 3.63) is 65.0 Å². The van der Waals surface area contributed by atoms with Crippen LogP contribution in [0, 0.1) is 18.6 Å². The molecule has 1 heterocycles. The fourth-order valence-corrected chi connectivity index (χ4v) is 1.83. The molecule has 0 radical (unpaired) electrons. The Morgan fingerprint density at radius 3 is 2.78 bits per heavy atom. The Labute approximate surface area is 104 Å². The lowest BCUT2D eigenvalue weighted by Crippen LogP contribution is -2.06. The van der Waals surface area contributed by atoms with E-state index in [9.17, 15) is 13.9 Å². The van der Waals surface area contributed by atoms with Crippen molar-refractivity contribution in [1.82, 2.24) is 4.98 Å². The molecule has 1 unspecified atom stereocenters. The van der Waals surface area contributed by atoms with E-state index in [1.54, 1.807) is 6.07 Å². The van der Waals surface area contributed by atoms with Crippen molar-refractivity contribution < 1.29 is 13.9 Å². The third-order valence-electron chi connectivity index (χ3n) is 2.89. The van der Waals surface area contributed by atoms with Crippen LogP contribution >= 0.6 is 0 Å². The highest BCUT2D eigenvalue weighted by Gasteiger charge is 2.14. The third-order valence-corrected chi connectivity index (χ3v) is 2.89. The lowest BCUT2D eigenvalue weighted by Gasteiger charge is -2.13. The van der Waals surface area contributed by atoms with Crippen LogP contribution in [0.2, 0.25) is 0 Å². The van der Waals surface area contributed by atoms with Crippen LogP contribution in [0.4, 0.5) is 8.78 Å². The normalized spacial score (nSPS) is 12.4. The van der Waals surface area contributed by atoms with Gasteiger partial charge in [-0.05, 0) is 36.2 Å². The maximum Gasteiger partial charge on any atom is 0.147 e. The van der Waals surface area contributed by atoms with Gasteiger partial charge in [-0.25, -0.2) is 8.78 Å². The first-order valence-corrected chi connectivity index (χ1v) is 5.60. The van der Waals surface area contributed by atoms with Gasteiger partial charge < -0.3 is 5.11 Å². The zero-order valence-corrected chi connectivity index (χ0v) is 9.90. The monoisotopic (exact) mass is 249 g/mol. The summed E-state index contributed by atoms with van der Waals surface area (Å²) in [6, 6.07) is 5.78. The Morgan fingerprint density at radius 1 is 1.28 bits per heavy atom. The zero-order chi connectivity index (χ0) is 13.1. The molecule has 0 aliphatic rings. The fourth-order valence-electron chi connectivity index (χ4n) is 1.83. The second-order valence-corrected chi connectivity index (χ2v) is 4.19. The molecule has 2 nitrogen and oxygen atoms in total. The van der Waals surface area contributed by atoms with Crippen molar-refractivity contribution in [3.8, 4) is 0 Å². The van der Waals surface area contributed by atoms with E-state index in [1.807, 2.05) is 6.92 Å². The van der Waals surface area contributed by atoms with E-state index in [2.05, 4.69) is 4.98 Å². The van der Waals surface area contributed by atoms with Crippen LogP contribution in [-0.4, -0.2) is 10.1 Å². The SMILES string of the molecule is Cc1ccc(F)cc1CC(O)c1ccncc1F. The van der Waals surface area contributed by atoms with Crippen LogP contribution in [0.15, 0.2) is 36.7 Å². The van der Waals surface area contributed by atoms with Crippen molar-refractivity contribution in [3.63, 3.8) is 0 Å². The van der Waals surface area contributed by atoms with Gasteiger partial charge >= 0.3 is 0 Å². The molecule has 1 N–H and O–H groups in total. The number of hydrogen-bond acceptors (Lipinski definition) is 2. The summed E-state index contributed by atoms with van der Waals surface area (Å²) in [7, 11) is 0. The van der Waals surface area contributed by atoms with Gasteiger partial charge in [0.25, 0.3) is 0 Å². The molecule has 2 rings (SSSR count). The van der Waals surface area contributed by atoms with Gasteiger partial charge in [-0.15, -0.1) is 0 Å². The molecule has 1 atom stereocenters. The molecule has 0 fully saturated rings. The summed E-state index contributed by atoms with van der Waals surface area (Å²) in [5, 5.41) is 9.98. The highest BCUT2D eigenvalue weighted by Crippen LogP contribution is 2.22. The Bertz CT molecular complexity index is 557. The third kappa shape index (κ3) is 2.71. The van der Waals surface area contributed by atoms with Gasteiger partial charge in [0.05, 0.1) is 12.3 Å². The smallest absolute Gasteiger partial charge is 0.147 e. The maximum absolute atomic E-state index is 13.4. The molecule has 0 aliphatic heterocycles. The van der Waals surface area contributed by atoms with Crippen LogP contribution in [-0.2, 0) is 6.42 Å². The van der Waals surface area contributed by atoms with Crippen molar-refractivity contribution >= 4 is 0 Å². The molecule has 0 aliphatic carbocycles. The predicted octanol–water partition coefficient (Wildman–Crippen LogP) is 2.94. The summed E-state index contributed by atoms with van der Waals surface area (Å²) in [4.78, 5) is 3.62. The van der Waals surface area contributed by atoms with E-state index in [0.29, 0.717) is 5.56 Å². The Hall–Kier alpha value is -1.81. The minimum Gasteiger partial charge on any atom is -0.388 e. The molecular formula is C14H13F2NO. The van der Waals surface area contributed by atoms with E-state index >= 15 is 0 Å². The standard InChI is InChI=1S/C14H13F2NO/c1-9-2-3-11(15)6-10(9)7-14(18)12-4-5-17-8-13(12)16/h2-6,8,14,18H,7H2,1H3. The van der Waals surface area contributed by atoms with Gasteiger partial charge in [-0.1, -0.05) is 6.07 Å². The average molecular weight is 249 g/mol. The van der Waals surface area contributed by atoms with Crippen LogP contribution in [0.1, 0.15) is 22.8 Å². The number of aliphatic hydroxyl groups excluding tert-OH is 1. The fraction of sp³-hybridized carbons (Fsp3) is 0.214. The molecule has 0 saturated heterocycles. The number of pyridine rings is 1. The second-order valence-electron chi connectivity index (χ2n) is 4.19. The molecule has 0 bridgehead atoms. The van der Waals surface area contributed by atoms with Crippen LogP contribution < -0.4 is 0 Å². The summed E-state index contributed by atoms with van der Waals surface area (Å²) >= 11 is 0. The van der Waals surface area contributed by atoms with E-state index < -0.39 is 11.9 Å². The van der Waals surface area contributed by atoms with Crippen LogP contribution in [0.5, 0.6) is 0 Å². The molecule has 0 spiro atoms. The quantitative estimate of drug-likeness (QED) is 0.907. The maximum atomic E-state index is 13.4. The number of nitrogens with zero attached hydrogens (tertiary/aromatic N) is 1. The minimum absolute atomic E-state index is 0.171. The summed E-state index contributed by atoms with van der Waals surface area (Å²) in [6.45, 7) is 1.82. The molecular weight excluding hydrogens is 236 g/mol. The molecule has 18 heavy (non-hydrogen) atoms. The van der Waals surface area contributed by atoms with Crippen LogP contribution in [0.25, 0.3) is 0 Å². The highest BCUT2D eigenvalue weighted by molar-refractivity contribution is 5.29. The number of benzene rings is 1. The summed E-state index contributed by atoms with van der Waals surface area (Å²) in [5.41, 5.74) is 1.71. The topological polar surface area (TPSA) is 33.1 Å². The number of hydrogen-bond donors (Lipinski definition) is 1. The van der Waals surface area contributed by atoms with Crippen molar-refractivity contribution in [2.24, 2.45) is 0 Å². The van der Waals surface area contributed by atoms with Gasteiger partial charge in [0.2, 0.25) is 0 Å². The lowest BCUT2D eigenvalue weighted by atomic mass is 9.98. The van der Waals surface area contributed by atoms with E-state index in [-0.39, 0.29) is 17.8 Å². The highest BCUT2D eigenvalue weighted by atomic mass is 19.1. The first kappa shape index (κ1) is 12.6. The minimum atomic E-state index is -1.01. The Morgan fingerprint density at radius 2 is 2.06 bits per heavy atom. The first-order valence-electron chi connectivity index (χ1n) is 5.60. The average Bonchev–Trinajstić information content (AvgIpc) is 2.34. The molecule has 4 heteroatoms. The molecule has 0 amide bonds. The van der Waals surface area contributed by atoms with Crippen LogP contribution in [0.3, 0.4) is 0 Å². The number of aromatic nitrogens is 1. The zero-order valence-electron chi connectivity index (χ0n) is 9.90. The van der Waals surface area contributed by atoms with Crippen molar-refractivity contribution in [2.45, 2.75) is 19.4 Å². The van der Waals surface area contributed by atoms with Crippen molar-refractivity contribution in [2.75, 3.05) is 0 Å². The molecule has 94 valence electrons. The van der Waals surface area contributed by atoms with Gasteiger partial charge in [-0.2, -0.15) is 0 Å². The number of aryl methyl sites for hydroxylation is 1. The largest absolute Gasteiger partial charge is 0.388 e. The number of aliphatic hydroxyl groups is 1. The van der Waals surface area contributed by atoms with Gasteiger partial charge in [-0.3, -0.25) is 4.98 Å². The second kappa shape index (κ2) is 5.23. The van der Waals surface area contributed by atoms with Crippen molar-refractivity contribution in [1.29, 1.82) is 0 Å².